The van der Waals surface area contributed by atoms with E-state index in [4.69, 9.17) is 4.74 Å². The lowest BCUT2D eigenvalue weighted by Gasteiger charge is -2.08. The van der Waals surface area contributed by atoms with E-state index in [9.17, 15) is 4.79 Å². The summed E-state index contributed by atoms with van der Waals surface area (Å²) >= 11 is 0. The molecule has 1 aromatic heterocycles. The lowest BCUT2D eigenvalue weighted by molar-refractivity contribution is 0.0946. The number of hydrogen-bond donors (Lipinski definition) is 2. The molecule has 1 saturated carbocycles. The number of amides is 1. The Morgan fingerprint density at radius 1 is 1.30 bits per heavy atom. The highest BCUT2D eigenvalue weighted by Crippen LogP contribution is 2.19. The van der Waals surface area contributed by atoms with Crippen LogP contribution in [0.25, 0.3) is 0 Å². The highest BCUT2D eigenvalue weighted by atomic mass is 16.5. The Hall–Kier alpha value is -2.56. The molecule has 0 saturated heterocycles. The fraction of sp³-hybridized carbons (Fsp3) is 0.333. The Bertz CT molecular complexity index is 666. The van der Waals surface area contributed by atoms with Gasteiger partial charge in [0.1, 0.15) is 11.4 Å². The standard InChI is InChI=1S/C18H21N3O2/c1-23-16-4-2-3-13(11-16)9-10-19-15-7-8-17(20-12-15)18(22)21-14-5-6-14/h2-4,7-8,11-12,14,19H,5-6,9-10H2,1H3,(H,21,22). The molecule has 5 heteroatoms. The lowest BCUT2D eigenvalue weighted by Crippen LogP contribution is -2.26. The van der Waals surface area contributed by atoms with Crippen LogP contribution in [0.5, 0.6) is 5.75 Å². The number of methoxy groups -OCH3 is 1. The molecule has 0 aliphatic heterocycles. The van der Waals surface area contributed by atoms with Crippen LogP contribution in [-0.4, -0.2) is 30.6 Å². The second kappa shape index (κ2) is 7.13. The summed E-state index contributed by atoms with van der Waals surface area (Å²) in [7, 11) is 1.67. The van der Waals surface area contributed by atoms with Gasteiger partial charge in [0.2, 0.25) is 0 Å². The third-order valence-corrected chi connectivity index (χ3v) is 3.79. The number of benzene rings is 1. The number of carbonyl (C=O) groups excluding carboxylic acids is 1. The van der Waals surface area contributed by atoms with E-state index in [1.165, 1.54) is 5.56 Å². The molecule has 1 fully saturated rings. The summed E-state index contributed by atoms with van der Waals surface area (Å²) in [6.07, 6.45) is 4.75. The van der Waals surface area contributed by atoms with Gasteiger partial charge in [-0.15, -0.1) is 0 Å². The molecule has 3 rings (SSSR count). The molecular weight excluding hydrogens is 290 g/mol. The van der Waals surface area contributed by atoms with Gasteiger partial charge in [-0.05, 0) is 49.1 Å². The van der Waals surface area contributed by atoms with Crippen LogP contribution in [0.4, 0.5) is 5.69 Å². The van der Waals surface area contributed by atoms with Crippen LogP contribution in [0, 0.1) is 0 Å². The van der Waals surface area contributed by atoms with Crippen LogP contribution in [-0.2, 0) is 6.42 Å². The highest BCUT2D eigenvalue weighted by molar-refractivity contribution is 5.92. The maximum atomic E-state index is 11.9. The van der Waals surface area contributed by atoms with Gasteiger partial charge in [0.15, 0.2) is 0 Å². The van der Waals surface area contributed by atoms with Crippen LogP contribution in [0.15, 0.2) is 42.6 Å². The van der Waals surface area contributed by atoms with Crippen molar-refractivity contribution >= 4 is 11.6 Å². The van der Waals surface area contributed by atoms with E-state index in [0.29, 0.717) is 11.7 Å². The minimum atomic E-state index is -0.0876. The average Bonchev–Trinajstić information content (AvgIpc) is 3.39. The monoisotopic (exact) mass is 311 g/mol. The van der Waals surface area contributed by atoms with Crippen LogP contribution in [0.3, 0.4) is 0 Å². The second-order valence-corrected chi connectivity index (χ2v) is 5.71. The smallest absolute Gasteiger partial charge is 0.270 e. The van der Waals surface area contributed by atoms with Crippen molar-refractivity contribution in [3.63, 3.8) is 0 Å². The summed E-state index contributed by atoms with van der Waals surface area (Å²) in [4.78, 5) is 16.1. The Balaban J connectivity index is 1.49. The third-order valence-electron chi connectivity index (χ3n) is 3.79. The second-order valence-electron chi connectivity index (χ2n) is 5.71. The van der Waals surface area contributed by atoms with E-state index >= 15 is 0 Å². The molecule has 23 heavy (non-hydrogen) atoms. The molecule has 0 radical (unpaired) electrons. The lowest BCUT2D eigenvalue weighted by atomic mass is 10.1. The maximum Gasteiger partial charge on any atom is 0.270 e. The summed E-state index contributed by atoms with van der Waals surface area (Å²) in [6.45, 7) is 0.794. The molecular formula is C18H21N3O2. The Labute approximate surface area is 136 Å². The normalized spacial score (nSPS) is 13.4. The van der Waals surface area contributed by atoms with Gasteiger partial charge in [0, 0.05) is 12.6 Å². The van der Waals surface area contributed by atoms with E-state index in [-0.39, 0.29) is 5.91 Å². The first-order chi connectivity index (χ1) is 11.2. The van der Waals surface area contributed by atoms with Crippen molar-refractivity contribution in [2.75, 3.05) is 19.0 Å². The highest BCUT2D eigenvalue weighted by Gasteiger charge is 2.24. The first-order valence-electron chi connectivity index (χ1n) is 7.88. The van der Waals surface area contributed by atoms with Gasteiger partial charge < -0.3 is 15.4 Å². The Morgan fingerprint density at radius 2 is 2.17 bits per heavy atom. The molecule has 2 aromatic rings. The van der Waals surface area contributed by atoms with Crippen molar-refractivity contribution in [1.29, 1.82) is 0 Å². The molecule has 0 unspecified atom stereocenters. The van der Waals surface area contributed by atoms with Crippen molar-refractivity contribution in [3.8, 4) is 5.75 Å². The quantitative estimate of drug-likeness (QED) is 0.825. The number of nitrogens with one attached hydrogen (secondary N) is 2. The first kappa shape index (κ1) is 15.3. The molecule has 1 aromatic carbocycles. The summed E-state index contributed by atoms with van der Waals surface area (Å²) in [5.74, 6) is 0.783. The molecule has 1 aliphatic rings. The number of carbonyl (C=O) groups is 1. The van der Waals surface area contributed by atoms with Crippen molar-refractivity contribution in [3.05, 3.63) is 53.9 Å². The van der Waals surface area contributed by atoms with Gasteiger partial charge >= 0.3 is 0 Å². The van der Waals surface area contributed by atoms with Crippen molar-refractivity contribution in [2.45, 2.75) is 25.3 Å². The van der Waals surface area contributed by atoms with Crippen LogP contribution in [0.2, 0.25) is 0 Å². The zero-order valence-corrected chi connectivity index (χ0v) is 13.2. The van der Waals surface area contributed by atoms with Crippen molar-refractivity contribution in [2.24, 2.45) is 0 Å². The molecule has 0 bridgehead atoms. The van der Waals surface area contributed by atoms with E-state index in [0.717, 1.165) is 37.2 Å². The number of pyridine rings is 1. The summed E-state index contributed by atoms with van der Waals surface area (Å²) in [6, 6.07) is 12.0. The maximum absolute atomic E-state index is 11.9. The number of rotatable bonds is 7. The molecule has 1 amide bonds. The Morgan fingerprint density at radius 3 is 2.87 bits per heavy atom. The van der Waals surface area contributed by atoms with E-state index < -0.39 is 0 Å². The van der Waals surface area contributed by atoms with Crippen molar-refractivity contribution < 1.29 is 9.53 Å². The number of aromatic nitrogens is 1. The van der Waals surface area contributed by atoms with E-state index in [1.807, 2.05) is 24.3 Å². The number of hydrogen-bond acceptors (Lipinski definition) is 4. The van der Waals surface area contributed by atoms with Gasteiger partial charge in [-0.3, -0.25) is 4.79 Å². The summed E-state index contributed by atoms with van der Waals surface area (Å²) in [5.41, 5.74) is 2.59. The average molecular weight is 311 g/mol. The number of nitrogens with zero attached hydrogens (tertiary/aromatic N) is 1. The number of ether oxygens (including phenoxy) is 1. The summed E-state index contributed by atoms with van der Waals surface area (Å²) in [5, 5.41) is 6.25. The molecule has 0 atom stereocenters. The number of anilines is 1. The van der Waals surface area contributed by atoms with Gasteiger partial charge in [-0.1, -0.05) is 12.1 Å². The SMILES string of the molecule is COc1cccc(CCNc2ccc(C(=O)NC3CC3)nc2)c1. The van der Waals surface area contributed by atoms with Crippen LogP contribution in [0.1, 0.15) is 28.9 Å². The van der Waals surface area contributed by atoms with E-state index in [2.05, 4.69) is 21.7 Å². The predicted molar refractivity (Wildman–Crippen MR) is 89.9 cm³/mol. The van der Waals surface area contributed by atoms with Crippen molar-refractivity contribution in [1.82, 2.24) is 10.3 Å². The molecule has 1 heterocycles. The zero-order chi connectivity index (χ0) is 16.1. The predicted octanol–water partition coefficient (Wildman–Crippen LogP) is 2.64. The third kappa shape index (κ3) is 4.45. The summed E-state index contributed by atoms with van der Waals surface area (Å²) < 4.78 is 5.22. The fourth-order valence-electron chi connectivity index (χ4n) is 2.30. The zero-order valence-electron chi connectivity index (χ0n) is 13.2. The fourth-order valence-corrected chi connectivity index (χ4v) is 2.30. The van der Waals surface area contributed by atoms with Gasteiger partial charge in [0.05, 0.1) is 19.0 Å². The van der Waals surface area contributed by atoms with Gasteiger partial charge in [0.25, 0.3) is 5.91 Å². The van der Waals surface area contributed by atoms with Gasteiger partial charge in [-0.25, -0.2) is 4.98 Å². The van der Waals surface area contributed by atoms with E-state index in [1.54, 1.807) is 19.4 Å². The molecule has 5 nitrogen and oxygen atoms in total. The minimum Gasteiger partial charge on any atom is -0.497 e. The Kier molecular flexibility index (Phi) is 4.76. The molecule has 1 aliphatic carbocycles. The van der Waals surface area contributed by atoms with Crippen LogP contribution >= 0.6 is 0 Å². The molecule has 0 spiro atoms. The minimum absolute atomic E-state index is 0.0876. The van der Waals surface area contributed by atoms with Crippen LogP contribution < -0.4 is 15.4 Å². The molecule has 120 valence electrons. The molecule has 2 N–H and O–H groups in total. The van der Waals surface area contributed by atoms with Gasteiger partial charge in [-0.2, -0.15) is 0 Å². The topological polar surface area (TPSA) is 63.2 Å². The largest absolute Gasteiger partial charge is 0.497 e. The first-order valence-corrected chi connectivity index (χ1v) is 7.88.